The second-order valence-corrected chi connectivity index (χ2v) is 5.71. The van der Waals surface area contributed by atoms with Crippen molar-refractivity contribution in [1.82, 2.24) is 10.2 Å². The zero-order valence-corrected chi connectivity index (χ0v) is 11.8. The van der Waals surface area contributed by atoms with Crippen molar-refractivity contribution in [3.63, 3.8) is 0 Å². The lowest BCUT2D eigenvalue weighted by molar-refractivity contribution is 1.11. The second-order valence-electron chi connectivity index (χ2n) is 3.88. The number of H-pyrrole nitrogens is 1. The van der Waals surface area contributed by atoms with E-state index in [-0.39, 0.29) is 0 Å². The Morgan fingerprint density at radius 3 is 3.06 bits per heavy atom. The molecule has 3 N–H and O–H groups in total. The van der Waals surface area contributed by atoms with Gasteiger partial charge in [0.2, 0.25) is 0 Å². The first-order valence-corrected chi connectivity index (χ1v) is 7.06. The summed E-state index contributed by atoms with van der Waals surface area (Å²) < 4.78 is 2.18. The molecule has 0 bridgehead atoms. The molecule has 3 rings (SSSR count). The number of aromatic nitrogens is 2. The van der Waals surface area contributed by atoms with Gasteiger partial charge in [-0.3, -0.25) is 5.10 Å². The Bertz CT molecular complexity index is 727. The molecule has 0 aliphatic heterocycles. The van der Waals surface area contributed by atoms with Crippen molar-refractivity contribution in [2.75, 3.05) is 5.73 Å². The van der Waals surface area contributed by atoms with Gasteiger partial charge in [-0.25, -0.2) is 0 Å². The minimum atomic E-state index is 0.761. The Morgan fingerprint density at radius 2 is 2.17 bits per heavy atom. The van der Waals surface area contributed by atoms with Crippen LogP contribution in [0.15, 0.2) is 34.1 Å². The van der Waals surface area contributed by atoms with Gasteiger partial charge >= 0.3 is 0 Å². The molecule has 0 unspecified atom stereocenters. The third kappa shape index (κ3) is 2.07. The molecule has 2 aromatic heterocycles. The number of hydrogen-bond acceptors (Lipinski definition) is 3. The number of thiophene rings is 1. The predicted molar refractivity (Wildman–Crippen MR) is 81.5 cm³/mol. The molecule has 0 atom stereocenters. The van der Waals surface area contributed by atoms with E-state index in [2.05, 4.69) is 26.1 Å². The molecule has 2 heterocycles. The monoisotopic (exact) mass is 319 g/mol. The van der Waals surface area contributed by atoms with Crippen LogP contribution in [0.1, 0.15) is 11.3 Å². The van der Waals surface area contributed by atoms with E-state index in [9.17, 15) is 0 Å². The summed E-state index contributed by atoms with van der Waals surface area (Å²) >= 11 is 5.12. The van der Waals surface area contributed by atoms with Gasteiger partial charge in [0.1, 0.15) is 5.52 Å². The number of anilines is 1. The average molecular weight is 320 g/mol. The fourth-order valence-corrected chi connectivity index (χ4v) is 2.93. The third-order valence-corrected chi connectivity index (χ3v) is 4.09. The van der Waals surface area contributed by atoms with Crippen LogP contribution in [0.2, 0.25) is 0 Å². The van der Waals surface area contributed by atoms with E-state index in [0.717, 1.165) is 26.9 Å². The summed E-state index contributed by atoms with van der Waals surface area (Å²) in [5.74, 6) is 0. The molecule has 0 radical (unpaired) electrons. The van der Waals surface area contributed by atoms with Crippen LogP contribution in [-0.2, 0) is 0 Å². The van der Waals surface area contributed by atoms with Crippen molar-refractivity contribution in [3.8, 4) is 0 Å². The lowest BCUT2D eigenvalue weighted by atomic mass is 10.1. The van der Waals surface area contributed by atoms with E-state index in [1.165, 1.54) is 4.70 Å². The van der Waals surface area contributed by atoms with Gasteiger partial charge in [-0.2, -0.15) is 5.10 Å². The summed E-state index contributed by atoms with van der Waals surface area (Å²) in [4.78, 5) is 0. The van der Waals surface area contributed by atoms with Crippen LogP contribution < -0.4 is 5.73 Å². The average Bonchev–Trinajstić information content (AvgIpc) is 2.93. The van der Waals surface area contributed by atoms with Crippen molar-refractivity contribution in [2.24, 2.45) is 0 Å². The smallest absolute Gasteiger partial charge is 0.103 e. The number of halogens is 1. The summed E-state index contributed by atoms with van der Waals surface area (Å²) in [6.45, 7) is 0. The summed E-state index contributed by atoms with van der Waals surface area (Å²) in [5.41, 5.74) is 9.69. The Balaban J connectivity index is 1.99. The largest absolute Gasteiger partial charge is 0.398 e. The molecule has 0 amide bonds. The molecule has 18 heavy (non-hydrogen) atoms. The molecular weight excluding hydrogens is 310 g/mol. The van der Waals surface area contributed by atoms with E-state index >= 15 is 0 Å². The van der Waals surface area contributed by atoms with Crippen molar-refractivity contribution >= 4 is 55.3 Å². The summed E-state index contributed by atoms with van der Waals surface area (Å²) in [7, 11) is 0. The highest BCUT2D eigenvalue weighted by Crippen LogP contribution is 2.25. The quantitative estimate of drug-likeness (QED) is 0.697. The molecule has 0 aliphatic carbocycles. The maximum absolute atomic E-state index is 5.93. The number of nitrogens with zero attached hydrogens (tertiary/aromatic N) is 1. The van der Waals surface area contributed by atoms with Crippen molar-refractivity contribution in [3.05, 3.63) is 45.4 Å². The first-order chi connectivity index (χ1) is 8.74. The van der Waals surface area contributed by atoms with E-state index in [0.29, 0.717) is 0 Å². The summed E-state index contributed by atoms with van der Waals surface area (Å²) in [5, 5.41) is 9.28. The topological polar surface area (TPSA) is 54.7 Å². The number of aromatic amines is 1. The zero-order chi connectivity index (χ0) is 12.5. The van der Waals surface area contributed by atoms with Crippen LogP contribution >= 0.6 is 27.3 Å². The third-order valence-electron chi connectivity index (χ3n) is 2.66. The standard InChI is InChI=1S/C13H10BrN3S/c14-9-2-3-10(15)8(7-9)1-4-11-13-12(17-16-11)5-6-18-13/h1-7H,15H2,(H,16,17)/b4-1+. The van der Waals surface area contributed by atoms with Crippen LogP contribution in [-0.4, -0.2) is 10.2 Å². The Kier molecular flexibility index (Phi) is 2.93. The van der Waals surface area contributed by atoms with E-state index in [1.54, 1.807) is 11.3 Å². The number of nitrogens with one attached hydrogen (secondary N) is 1. The van der Waals surface area contributed by atoms with Gasteiger partial charge in [0, 0.05) is 10.2 Å². The highest BCUT2D eigenvalue weighted by molar-refractivity contribution is 9.10. The maximum Gasteiger partial charge on any atom is 0.103 e. The molecule has 0 saturated heterocycles. The van der Waals surface area contributed by atoms with Crippen LogP contribution in [0.25, 0.3) is 22.4 Å². The predicted octanol–water partition coefficient (Wildman–Crippen LogP) is 4.14. The van der Waals surface area contributed by atoms with Crippen molar-refractivity contribution < 1.29 is 0 Å². The fourth-order valence-electron chi connectivity index (χ4n) is 1.74. The van der Waals surface area contributed by atoms with Crippen LogP contribution in [0.3, 0.4) is 0 Å². The minimum Gasteiger partial charge on any atom is -0.398 e. The molecule has 3 nitrogen and oxygen atoms in total. The summed E-state index contributed by atoms with van der Waals surface area (Å²) in [6.07, 6.45) is 4.00. The first-order valence-electron chi connectivity index (χ1n) is 5.39. The lowest BCUT2D eigenvalue weighted by Gasteiger charge is -2.00. The van der Waals surface area contributed by atoms with Gasteiger partial charge in [-0.1, -0.05) is 22.0 Å². The van der Waals surface area contributed by atoms with Crippen molar-refractivity contribution in [2.45, 2.75) is 0 Å². The minimum absolute atomic E-state index is 0.761. The van der Waals surface area contributed by atoms with E-state index < -0.39 is 0 Å². The Hall–Kier alpha value is -1.59. The second kappa shape index (κ2) is 4.59. The molecule has 90 valence electrons. The Morgan fingerprint density at radius 1 is 1.28 bits per heavy atom. The van der Waals surface area contributed by atoms with E-state index in [4.69, 9.17) is 5.73 Å². The zero-order valence-electron chi connectivity index (χ0n) is 9.35. The maximum atomic E-state index is 5.93. The van der Waals surface area contributed by atoms with Gasteiger partial charge in [-0.15, -0.1) is 11.3 Å². The van der Waals surface area contributed by atoms with Crippen LogP contribution in [0, 0.1) is 0 Å². The molecule has 3 aromatic rings. The number of nitrogens with two attached hydrogens (primary N) is 1. The Labute approximate surface area is 116 Å². The number of fused-ring (bicyclic) bond motifs is 1. The van der Waals surface area contributed by atoms with Crippen LogP contribution in [0.4, 0.5) is 5.69 Å². The van der Waals surface area contributed by atoms with Gasteiger partial charge in [0.25, 0.3) is 0 Å². The molecule has 0 aliphatic rings. The molecule has 1 aromatic carbocycles. The molecule has 0 fully saturated rings. The van der Waals surface area contributed by atoms with Gasteiger partial charge < -0.3 is 5.73 Å². The molecular formula is C13H10BrN3S. The first kappa shape index (κ1) is 11.5. The fraction of sp³-hybridized carbons (Fsp3) is 0. The van der Waals surface area contributed by atoms with Gasteiger partial charge in [0.15, 0.2) is 0 Å². The highest BCUT2D eigenvalue weighted by atomic mass is 79.9. The number of rotatable bonds is 2. The molecule has 0 saturated carbocycles. The van der Waals surface area contributed by atoms with E-state index in [1.807, 2.05) is 41.8 Å². The SMILES string of the molecule is Nc1ccc(Br)cc1/C=C/c1[nH]nc2ccsc12. The van der Waals surface area contributed by atoms with Gasteiger partial charge in [0.05, 0.1) is 10.4 Å². The van der Waals surface area contributed by atoms with Gasteiger partial charge in [-0.05, 0) is 41.3 Å². The number of hydrogen-bond donors (Lipinski definition) is 2. The lowest BCUT2D eigenvalue weighted by Crippen LogP contribution is -1.88. The highest BCUT2D eigenvalue weighted by Gasteiger charge is 2.03. The summed E-state index contributed by atoms with van der Waals surface area (Å²) in [6, 6.07) is 7.81. The number of nitrogen functional groups attached to an aromatic ring is 1. The van der Waals surface area contributed by atoms with Crippen LogP contribution in [0.5, 0.6) is 0 Å². The molecule has 5 heteroatoms. The molecule has 0 spiro atoms. The van der Waals surface area contributed by atoms with Crippen molar-refractivity contribution in [1.29, 1.82) is 0 Å². The number of benzene rings is 1. The normalized spacial score (nSPS) is 11.6.